The van der Waals surface area contributed by atoms with Crippen molar-refractivity contribution in [3.63, 3.8) is 0 Å². The first kappa shape index (κ1) is 17.2. The molecule has 0 aromatic heterocycles. The van der Waals surface area contributed by atoms with Crippen LogP contribution in [0.4, 0.5) is 5.69 Å². The molecule has 2 N–H and O–H groups in total. The van der Waals surface area contributed by atoms with Crippen molar-refractivity contribution >= 4 is 11.6 Å². The van der Waals surface area contributed by atoms with Gasteiger partial charge in [-0.2, -0.15) is 0 Å². The van der Waals surface area contributed by atoms with Crippen LogP contribution in [0, 0.1) is 5.92 Å². The van der Waals surface area contributed by atoms with Crippen molar-refractivity contribution in [2.45, 2.75) is 51.6 Å². The molecule has 1 aromatic rings. The predicted octanol–water partition coefficient (Wildman–Crippen LogP) is 2.74. The summed E-state index contributed by atoms with van der Waals surface area (Å²) in [5, 5.41) is 6.60. The summed E-state index contributed by atoms with van der Waals surface area (Å²) in [5.74, 6) is 1.21. The largest absolute Gasteiger partial charge is 0.493 e. The van der Waals surface area contributed by atoms with Crippen molar-refractivity contribution in [2.75, 3.05) is 25.1 Å². The van der Waals surface area contributed by atoms with Crippen LogP contribution in [0.2, 0.25) is 0 Å². The lowest BCUT2D eigenvalue weighted by Gasteiger charge is -2.30. The average Bonchev–Trinajstić information content (AvgIpc) is 2.60. The molecule has 0 spiro atoms. The van der Waals surface area contributed by atoms with Crippen molar-refractivity contribution < 1.29 is 14.3 Å². The van der Waals surface area contributed by atoms with Crippen LogP contribution in [-0.2, 0) is 16.0 Å². The van der Waals surface area contributed by atoms with E-state index in [4.69, 9.17) is 9.47 Å². The van der Waals surface area contributed by atoms with Crippen LogP contribution in [0.25, 0.3) is 0 Å². The van der Waals surface area contributed by atoms with Gasteiger partial charge in [-0.25, -0.2) is 0 Å². The molecule has 0 saturated carbocycles. The van der Waals surface area contributed by atoms with Crippen LogP contribution in [0.15, 0.2) is 18.2 Å². The van der Waals surface area contributed by atoms with E-state index in [0.717, 1.165) is 56.9 Å². The molecule has 1 saturated heterocycles. The Labute approximate surface area is 144 Å². The van der Waals surface area contributed by atoms with Gasteiger partial charge in [-0.3, -0.25) is 4.79 Å². The van der Waals surface area contributed by atoms with E-state index in [2.05, 4.69) is 24.5 Å². The molecule has 0 unspecified atom stereocenters. The Kier molecular flexibility index (Phi) is 5.74. The highest BCUT2D eigenvalue weighted by molar-refractivity contribution is 5.95. The summed E-state index contributed by atoms with van der Waals surface area (Å²) < 4.78 is 11.0. The molecule has 132 valence electrons. The van der Waals surface area contributed by atoms with Crippen molar-refractivity contribution in [3.05, 3.63) is 23.8 Å². The number of ether oxygens (including phenoxy) is 2. The molecule has 1 atom stereocenters. The number of amides is 1. The minimum Gasteiger partial charge on any atom is -0.493 e. The Balaban J connectivity index is 1.64. The summed E-state index contributed by atoms with van der Waals surface area (Å²) in [6.45, 7) is 6.49. The standard InChI is InChI=1S/C19H28N2O3/c1-13(2)18(20-15-7-10-23-11-8-15)19(22)21-16-5-6-17-14(12-16)4-3-9-24-17/h5-6,12-13,15,18,20H,3-4,7-11H2,1-2H3,(H,21,22)/t18-/m1/s1. The smallest absolute Gasteiger partial charge is 0.241 e. The van der Waals surface area contributed by atoms with Gasteiger partial charge in [0.05, 0.1) is 12.6 Å². The second-order valence-electron chi connectivity index (χ2n) is 7.04. The van der Waals surface area contributed by atoms with E-state index in [0.29, 0.717) is 6.04 Å². The second kappa shape index (κ2) is 7.99. The second-order valence-corrected chi connectivity index (χ2v) is 7.04. The van der Waals surface area contributed by atoms with Crippen molar-refractivity contribution in [1.82, 2.24) is 5.32 Å². The van der Waals surface area contributed by atoms with Crippen molar-refractivity contribution in [1.29, 1.82) is 0 Å². The molecule has 5 nitrogen and oxygen atoms in total. The topological polar surface area (TPSA) is 59.6 Å². The number of benzene rings is 1. The number of carbonyl (C=O) groups excluding carboxylic acids is 1. The minimum atomic E-state index is -0.194. The highest BCUT2D eigenvalue weighted by Crippen LogP contribution is 2.27. The Morgan fingerprint density at radius 2 is 2.00 bits per heavy atom. The highest BCUT2D eigenvalue weighted by atomic mass is 16.5. The van der Waals surface area contributed by atoms with Gasteiger partial charge >= 0.3 is 0 Å². The summed E-state index contributed by atoms with van der Waals surface area (Å²) >= 11 is 0. The lowest BCUT2D eigenvalue weighted by atomic mass is 9.99. The Morgan fingerprint density at radius 1 is 1.21 bits per heavy atom. The van der Waals surface area contributed by atoms with Crippen LogP contribution in [-0.4, -0.2) is 37.8 Å². The monoisotopic (exact) mass is 332 g/mol. The zero-order valence-electron chi connectivity index (χ0n) is 14.6. The zero-order valence-corrected chi connectivity index (χ0v) is 14.6. The van der Waals surface area contributed by atoms with Crippen LogP contribution in [0.5, 0.6) is 5.75 Å². The van der Waals surface area contributed by atoms with Gasteiger partial charge in [-0.15, -0.1) is 0 Å². The Bertz CT molecular complexity index is 568. The summed E-state index contributed by atoms with van der Waals surface area (Å²) in [5.41, 5.74) is 2.03. The first-order valence-electron chi connectivity index (χ1n) is 9.04. The molecule has 1 aromatic carbocycles. The molecule has 0 radical (unpaired) electrons. The molecular weight excluding hydrogens is 304 g/mol. The molecule has 2 aliphatic heterocycles. The van der Waals surface area contributed by atoms with Gasteiger partial charge in [-0.1, -0.05) is 13.8 Å². The number of fused-ring (bicyclic) bond motifs is 1. The van der Waals surface area contributed by atoms with E-state index in [9.17, 15) is 4.79 Å². The number of carbonyl (C=O) groups is 1. The van der Waals surface area contributed by atoms with Crippen LogP contribution < -0.4 is 15.4 Å². The van der Waals surface area contributed by atoms with E-state index in [-0.39, 0.29) is 17.9 Å². The molecule has 2 aliphatic rings. The van der Waals surface area contributed by atoms with Crippen molar-refractivity contribution in [2.24, 2.45) is 5.92 Å². The summed E-state index contributed by atoms with van der Waals surface area (Å²) in [7, 11) is 0. The van der Waals surface area contributed by atoms with Gasteiger partial charge in [0.2, 0.25) is 5.91 Å². The molecule has 24 heavy (non-hydrogen) atoms. The maximum atomic E-state index is 12.8. The molecule has 2 heterocycles. The normalized spacial score (nSPS) is 19.5. The number of hydrogen-bond donors (Lipinski definition) is 2. The third-order valence-electron chi connectivity index (χ3n) is 4.76. The first-order valence-corrected chi connectivity index (χ1v) is 9.04. The fraction of sp³-hybridized carbons (Fsp3) is 0.632. The van der Waals surface area contributed by atoms with Crippen LogP contribution >= 0.6 is 0 Å². The molecule has 1 fully saturated rings. The van der Waals surface area contributed by atoms with E-state index in [1.165, 1.54) is 5.56 Å². The number of anilines is 1. The zero-order chi connectivity index (χ0) is 16.9. The van der Waals surface area contributed by atoms with Gasteiger partial charge < -0.3 is 20.1 Å². The predicted molar refractivity (Wildman–Crippen MR) is 94.5 cm³/mol. The number of nitrogens with one attached hydrogen (secondary N) is 2. The quantitative estimate of drug-likeness (QED) is 0.870. The van der Waals surface area contributed by atoms with E-state index in [1.807, 2.05) is 18.2 Å². The number of rotatable bonds is 5. The summed E-state index contributed by atoms with van der Waals surface area (Å²) in [6, 6.07) is 6.08. The SMILES string of the molecule is CC(C)[C@@H](NC1CCOCC1)C(=O)Nc1ccc2c(c1)CCCO2. The molecule has 3 rings (SSSR count). The number of hydrogen-bond acceptors (Lipinski definition) is 4. The van der Waals surface area contributed by atoms with Crippen LogP contribution in [0.3, 0.4) is 0 Å². The Hall–Kier alpha value is -1.59. The lowest BCUT2D eigenvalue weighted by molar-refractivity contribution is -0.119. The van der Waals surface area contributed by atoms with Crippen LogP contribution in [0.1, 0.15) is 38.7 Å². The lowest BCUT2D eigenvalue weighted by Crippen LogP contribution is -2.50. The van der Waals surface area contributed by atoms with E-state index in [1.54, 1.807) is 0 Å². The Morgan fingerprint density at radius 3 is 2.75 bits per heavy atom. The van der Waals surface area contributed by atoms with E-state index >= 15 is 0 Å². The van der Waals surface area contributed by atoms with E-state index < -0.39 is 0 Å². The average molecular weight is 332 g/mol. The van der Waals surface area contributed by atoms with Gasteiger partial charge in [0, 0.05) is 24.9 Å². The minimum absolute atomic E-state index is 0.0353. The fourth-order valence-electron chi connectivity index (χ4n) is 3.35. The molecule has 1 amide bonds. The third kappa shape index (κ3) is 4.28. The maximum Gasteiger partial charge on any atom is 0.241 e. The van der Waals surface area contributed by atoms with Gasteiger partial charge in [0.25, 0.3) is 0 Å². The molecule has 0 bridgehead atoms. The first-order chi connectivity index (χ1) is 11.6. The third-order valence-corrected chi connectivity index (χ3v) is 4.76. The van der Waals surface area contributed by atoms with Gasteiger partial charge in [0.1, 0.15) is 5.75 Å². The summed E-state index contributed by atoms with van der Waals surface area (Å²) in [6.07, 6.45) is 3.97. The fourth-order valence-corrected chi connectivity index (χ4v) is 3.35. The van der Waals surface area contributed by atoms with Crippen molar-refractivity contribution in [3.8, 4) is 5.75 Å². The van der Waals surface area contributed by atoms with Gasteiger partial charge in [0.15, 0.2) is 0 Å². The number of aryl methyl sites for hydroxylation is 1. The molecular formula is C19H28N2O3. The highest BCUT2D eigenvalue weighted by Gasteiger charge is 2.26. The summed E-state index contributed by atoms with van der Waals surface area (Å²) in [4.78, 5) is 12.8. The molecule has 0 aliphatic carbocycles. The molecule has 5 heteroatoms. The van der Waals surface area contributed by atoms with Gasteiger partial charge in [-0.05, 0) is 55.4 Å². The maximum absolute atomic E-state index is 12.8.